The number of aromatic nitrogens is 1. The molecule has 5 heteroatoms. The summed E-state index contributed by atoms with van der Waals surface area (Å²) < 4.78 is 29.9. The number of ether oxygens (including phenoxy) is 1. The maximum atomic E-state index is 12.9. The topological polar surface area (TPSA) is 34.1 Å². The fourth-order valence-corrected chi connectivity index (χ4v) is 0.863. The van der Waals surface area contributed by atoms with Gasteiger partial charge in [0.25, 0.3) is 0 Å². The third-order valence-electron chi connectivity index (χ3n) is 2.08. The zero-order chi connectivity index (χ0) is 13.3. The molecule has 3 nitrogen and oxygen atoms in total. The van der Waals surface area contributed by atoms with Crippen molar-refractivity contribution >= 4 is 0 Å². The van der Waals surface area contributed by atoms with Gasteiger partial charge < -0.3 is 10.1 Å². The van der Waals surface area contributed by atoms with Crippen molar-refractivity contribution in [2.24, 2.45) is 0 Å². The lowest BCUT2D eigenvalue weighted by Gasteiger charge is -2.09. The van der Waals surface area contributed by atoms with E-state index in [1.165, 1.54) is 33.5 Å². The van der Waals surface area contributed by atoms with Gasteiger partial charge in [-0.25, -0.2) is 9.37 Å². The van der Waals surface area contributed by atoms with Crippen LogP contribution >= 0.6 is 0 Å². The molecule has 0 amide bonds. The van der Waals surface area contributed by atoms with Crippen LogP contribution in [0.2, 0.25) is 0 Å². The predicted octanol–water partition coefficient (Wildman–Crippen LogP) is 2.68. The number of methoxy groups -OCH3 is 1. The van der Waals surface area contributed by atoms with Crippen molar-refractivity contribution in [1.29, 1.82) is 0 Å². The first-order valence-corrected chi connectivity index (χ1v) is 5.72. The molecule has 1 aliphatic rings. The van der Waals surface area contributed by atoms with Crippen LogP contribution in [-0.2, 0) is 0 Å². The van der Waals surface area contributed by atoms with Gasteiger partial charge in [-0.3, -0.25) is 0 Å². The molecule has 0 radical (unpaired) electrons. The molecule has 2 rings (SSSR count). The molecule has 0 aromatic carbocycles. The predicted molar refractivity (Wildman–Crippen MR) is 64.3 cm³/mol. The van der Waals surface area contributed by atoms with Gasteiger partial charge in [-0.15, -0.1) is 0 Å². The highest BCUT2D eigenvalue weighted by Crippen LogP contribution is 2.19. The molecule has 0 unspecified atom stereocenters. The Labute approximate surface area is 101 Å². The summed E-state index contributed by atoms with van der Waals surface area (Å²) in [5.74, 6) is -1.53. The van der Waals surface area contributed by atoms with Crippen molar-refractivity contribution in [2.75, 3.05) is 20.2 Å². The normalized spacial score (nSPS) is 12.4. The van der Waals surface area contributed by atoms with Crippen molar-refractivity contribution in [3.8, 4) is 5.75 Å². The Hall–Kier alpha value is -1.23. The van der Waals surface area contributed by atoms with Crippen LogP contribution in [0.1, 0.15) is 25.8 Å². The maximum Gasteiger partial charge on any atom is 0.218 e. The summed E-state index contributed by atoms with van der Waals surface area (Å²) in [4.78, 5) is 3.28. The van der Waals surface area contributed by atoms with Crippen LogP contribution < -0.4 is 10.1 Å². The molecule has 1 aliphatic heterocycles. The molecular formula is C12H20F2N2O. The Morgan fingerprint density at radius 2 is 1.76 bits per heavy atom. The monoisotopic (exact) mass is 246 g/mol. The standard InChI is InChI=1S/C7H7F2NO.C3H7N.C2H6/c1-4-6(8)5(11-2)3-10-7(4)9;1-2-4-3-1;1-2/h3H,1-2H3;4H,1-3H2;1-2H3. The minimum absolute atomic E-state index is 0.0381. The number of halogens is 2. The Kier molecular flexibility index (Phi) is 8.23. The van der Waals surface area contributed by atoms with Crippen LogP contribution in [0.5, 0.6) is 5.75 Å². The third-order valence-corrected chi connectivity index (χ3v) is 2.08. The van der Waals surface area contributed by atoms with Crippen LogP contribution in [0.3, 0.4) is 0 Å². The first-order chi connectivity index (χ1) is 8.16. The number of nitrogens with zero attached hydrogens (tertiary/aromatic N) is 1. The highest BCUT2D eigenvalue weighted by molar-refractivity contribution is 5.26. The van der Waals surface area contributed by atoms with E-state index in [1.807, 2.05) is 13.8 Å². The number of nitrogens with one attached hydrogen (secondary N) is 1. The average molecular weight is 246 g/mol. The second kappa shape index (κ2) is 8.87. The Morgan fingerprint density at radius 3 is 2.12 bits per heavy atom. The maximum absolute atomic E-state index is 12.9. The second-order valence-corrected chi connectivity index (χ2v) is 3.16. The first kappa shape index (κ1) is 15.8. The highest BCUT2D eigenvalue weighted by Gasteiger charge is 2.10. The second-order valence-electron chi connectivity index (χ2n) is 3.16. The van der Waals surface area contributed by atoms with Gasteiger partial charge in [0, 0.05) is 5.56 Å². The summed E-state index contributed by atoms with van der Waals surface area (Å²) in [6.07, 6.45) is 2.40. The zero-order valence-corrected chi connectivity index (χ0v) is 10.8. The molecule has 0 spiro atoms. The van der Waals surface area contributed by atoms with Gasteiger partial charge in [0.1, 0.15) is 0 Å². The molecule has 1 fully saturated rings. The van der Waals surface area contributed by atoms with Gasteiger partial charge in [0.05, 0.1) is 13.3 Å². The van der Waals surface area contributed by atoms with E-state index in [2.05, 4.69) is 15.0 Å². The Bertz CT molecular complexity index is 325. The Balaban J connectivity index is 0.000000353. The third kappa shape index (κ3) is 5.08. The van der Waals surface area contributed by atoms with E-state index < -0.39 is 11.8 Å². The lowest BCUT2D eigenvalue weighted by Crippen LogP contribution is -2.29. The van der Waals surface area contributed by atoms with E-state index in [1.54, 1.807) is 0 Å². The zero-order valence-electron chi connectivity index (χ0n) is 10.8. The summed E-state index contributed by atoms with van der Waals surface area (Å²) in [6.45, 7) is 7.81. The summed E-state index contributed by atoms with van der Waals surface area (Å²) >= 11 is 0. The molecular weight excluding hydrogens is 226 g/mol. The number of rotatable bonds is 1. The van der Waals surface area contributed by atoms with Crippen molar-refractivity contribution in [3.05, 3.63) is 23.5 Å². The number of hydrogen-bond acceptors (Lipinski definition) is 3. The quantitative estimate of drug-likeness (QED) is 0.774. The molecule has 0 saturated carbocycles. The molecule has 98 valence electrons. The summed E-state index contributed by atoms with van der Waals surface area (Å²) in [7, 11) is 1.30. The van der Waals surface area contributed by atoms with Gasteiger partial charge in [-0.1, -0.05) is 13.8 Å². The van der Waals surface area contributed by atoms with Crippen molar-refractivity contribution < 1.29 is 13.5 Å². The van der Waals surface area contributed by atoms with Gasteiger partial charge in [0.2, 0.25) is 5.95 Å². The van der Waals surface area contributed by atoms with E-state index in [4.69, 9.17) is 0 Å². The molecule has 1 saturated heterocycles. The van der Waals surface area contributed by atoms with E-state index in [0.717, 1.165) is 6.20 Å². The van der Waals surface area contributed by atoms with Gasteiger partial charge in [-0.2, -0.15) is 4.39 Å². The van der Waals surface area contributed by atoms with Gasteiger partial charge in [0.15, 0.2) is 11.6 Å². The van der Waals surface area contributed by atoms with Crippen molar-refractivity contribution in [1.82, 2.24) is 10.3 Å². The summed E-state index contributed by atoms with van der Waals surface area (Å²) in [5.41, 5.74) is -0.121. The molecule has 1 aromatic heterocycles. The van der Waals surface area contributed by atoms with Crippen LogP contribution in [0.25, 0.3) is 0 Å². The number of hydrogen-bond donors (Lipinski definition) is 1. The lowest BCUT2D eigenvalue weighted by atomic mass is 10.3. The minimum atomic E-state index is -0.802. The fraction of sp³-hybridized carbons (Fsp3) is 0.583. The average Bonchev–Trinajstić information content (AvgIpc) is 2.27. The van der Waals surface area contributed by atoms with Gasteiger partial charge >= 0.3 is 0 Å². The molecule has 0 bridgehead atoms. The minimum Gasteiger partial charge on any atom is -0.492 e. The van der Waals surface area contributed by atoms with E-state index >= 15 is 0 Å². The van der Waals surface area contributed by atoms with E-state index in [0.29, 0.717) is 0 Å². The van der Waals surface area contributed by atoms with Crippen molar-refractivity contribution in [2.45, 2.75) is 27.2 Å². The highest BCUT2D eigenvalue weighted by atomic mass is 19.1. The lowest BCUT2D eigenvalue weighted by molar-refractivity contribution is 0.377. The van der Waals surface area contributed by atoms with Crippen LogP contribution in [0.4, 0.5) is 8.78 Å². The van der Waals surface area contributed by atoms with E-state index in [-0.39, 0.29) is 11.3 Å². The summed E-state index contributed by atoms with van der Waals surface area (Å²) in [6, 6.07) is 0. The largest absolute Gasteiger partial charge is 0.492 e. The van der Waals surface area contributed by atoms with Crippen LogP contribution in [0.15, 0.2) is 6.20 Å². The Morgan fingerprint density at radius 1 is 1.29 bits per heavy atom. The number of pyridine rings is 1. The van der Waals surface area contributed by atoms with Crippen molar-refractivity contribution in [3.63, 3.8) is 0 Å². The molecule has 17 heavy (non-hydrogen) atoms. The van der Waals surface area contributed by atoms with E-state index in [9.17, 15) is 8.78 Å². The van der Waals surface area contributed by atoms with Crippen LogP contribution in [-0.4, -0.2) is 25.2 Å². The molecule has 0 atom stereocenters. The van der Waals surface area contributed by atoms with Gasteiger partial charge in [-0.05, 0) is 26.4 Å². The molecule has 1 N–H and O–H groups in total. The molecule has 2 heterocycles. The summed E-state index contributed by atoms with van der Waals surface area (Å²) in [5, 5.41) is 3.11. The fourth-order valence-electron chi connectivity index (χ4n) is 0.863. The molecule has 1 aromatic rings. The van der Waals surface area contributed by atoms with Crippen LogP contribution in [0, 0.1) is 18.7 Å². The molecule has 0 aliphatic carbocycles. The smallest absolute Gasteiger partial charge is 0.218 e. The first-order valence-electron chi connectivity index (χ1n) is 5.72. The SMILES string of the molecule is C1CNC1.CC.COc1cnc(F)c(C)c1F.